The monoisotopic (exact) mass is 394 g/mol. The van der Waals surface area contributed by atoms with Crippen molar-refractivity contribution >= 4 is 23.6 Å². The molecule has 0 bridgehead atoms. The minimum atomic E-state index is -0.695. The van der Waals surface area contributed by atoms with Crippen LogP contribution < -0.4 is 10.9 Å². The number of hydrogen-bond donors (Lipinski definition) is 2. The van der Waals surface area contributed by atoms with Gasteiger partial charge in [0.1, 0.15) is 5.82 Å². The zero-order chi connectivity index (χ0) is 19.8. The summed E-state index contributed by atoms with van der Waals surface area (Å²) in [4.78, 5) is 24.2. The van der Waals surface area contributed by atoms with E-state index in [2.05, 4.69) is 10.9 Å². The second-order valence-corrected chi connectivity index (χ2v) is 7.09. The van der Waals surface area contributed by atoms with Crippen LogP contribution in [-0.2, 0) is 4.79 Å². The molecule has 0 radical (unpaired) electrons. The summed E-state index contributed by atoms with van der Waals surface area (Å²) < 4.78 is 13.6. The molecule has 3 aromatic carbocycles. The molecule has 0 unspecified atom stereocenters. The van der Waals surface area contributed by atoms with E-state index < -0.39 is 11.7 Å². The van der Waals surface area contributed by atoms with E-state index in [0.29, 0.717) is 0 Å². The van der Waals surface area contributed by atoms with Crippen LogP contribution in [0.1, 0.15) is 26.7 Å². The molecule has 4 nitrogen and oxygen atoms in total. The number of hydrogen-bond acceptors (Lipinski definition) is 3. The molecule has 0 atom stereocenters. The van der Waals surface area contributed by atoms with Crippen molar-refractivity contribution in [3.05, 3.63) is 107 Å². The topological polar surface area (TPSA) is 58.2 Å². The first kappa shape index (κ1) is 19.6. The Hall–Kier alpha value is -3.12. The quantitative estimate of drug-likeness (QED) is 0.619. The predicted molar refractivity (Wildman–Crippen MR) is 109 cm³/mol. The van der Waals surface area contributed by atoms with E-state index in [9.17, 15) is 14.0 Å². The molecule has 0 aliphatic rings. The zero-order valence-electron chi connectivity index (χ0n) is 15.0. The normalized spacial score (nSPS) is 10.5. The van der Waals surface area contributed by atoms with Crippen LogP contribution >= 0.6 is 11.8 Å². The molecule has 0 aromatic heterocycles. The molecule has 0 spiro atoms. The first-order valence-electron chi connectivity index (χ1n) is 8.70. The molecular weight excluding hydrogens is 375 g/mol. The highest BCUT2D eigenvalue weighted by Gasteiger charge is 2.17. The predicted octanol–water partition coefficient (Wildman–Crippen LogP) is 4.11. The van der Waals surface area contributed by atoms with Crippen LogP contribution in [0.5, 0.6) is 0 Å². The minimum Gasteiger partial charge on any atom is -0.272 e. The maximum Gasteiger partial charge on any atom is 0.272 e. The Morgan fingerprint density at radius 2 is 1.32 bits per heavy atom. The summed E-state index contributed by atoms with van der Waals surface area (Å²) in [5.41, 5.74) is 6.64. The average molecular weight is 394 g/mol. The van der Waals surface area contributed by atoms with Crippen LogP contribution in [0.4, 0.5) is 4.39 Å². The third-order valence-electron chi connectivity index (χ3n) is 4.02. The van der Waals surface area contributed by atoms with Gasteiger partial charge in [-0.2, -0.15) is 0 Å². The fraction of sp³-hybridized carbons (Fsp3) is 0.0909. The molecule has 28 heavy (non-hydrogen) atoms. The summed E-state index contributed by atoms with van der Waals surface area (Å²) in [6, 6.07) is 25.4. The number of rotatable bonds is 6. The van der Waals surface area contributed by atoms with Crippen LogP contribution in [0.15, 0.2) is 84.9 Å². The molecule has 0 heterocycles. The van der Waals surface area contributed by atoms with E-state index in [4.69, 9.17) is 0 Å². The molecule has 6 heteroatoms. The van der Waals surface area contributed by atoms with E-state index in [1.807, 2.05) is 60.7 Å². The second-order valence-electron chi connectivity index (χ2n) is 5.99. The van der Waals surface area contributed by atoms with Gasteiger partial charge in [-0.15, -0.1) is 11.8 Å². The molecule has 2 N–H and O–H groups in total. The van der Waals surface area contributed by atoms with Gasteiger partial charge in [-0.25, -0.2) is 4.39 Å². The number of nitrogens with one attached hydrogen (secondary N) is 2. The highest BCUT2D eigenvalue weighted by Crippen LogP contribution is 2.35. The smallest absolute Gasteiger partial charge is 0.272 e. The number of carbonyl (C=O) groups excluding carboxylic acids is 2. The highest BCUT2D eigenvalue weighted by molar-refractivity contribution is 8.00. The van der Waals surface area contributed by atoms with Gasteiger partial charge in [-0.05, 0) is 23.3 Å². The van der Waals surface area contributed by atoms with Gasteiger partial charge in [-0.1, -0.05) is 72.8 Å². The van der Waals surface area contributed by atoms with Gasteiger partial charge < -0.3 is 0 Å². The van der Waals surface area contributed by atoms with Crippen molar-refractivity contribution in [1.29, 1.82) is 0 Å². The van der Waals surface area contributed by atoms with Gasteiger partial charge in [-0.3, -0.25) is 20.4 Å². The van der Waals surface area contributed by atoms with E-state index >= 15 is 0 Å². The average Bonchev–Trinajstić information content (AvgIpc) is 2.74. The summed E-state index contributed by atoms with van der Waals surface area (Å²) in [5, 5.41) is -0.0181. The lowest BCUT2D eigenvalue weighted by molar-refractivity contribution is -0.119. The molecule has 3 aromatic rings. The van der Waals surface area contributed by atoms with E-state index in [1.165, 1.54) is 30.0 Å². The van der Waals surface area contributed by atoms with Crippen molar-refractivity contribution in [2.75, 3.05) is 5.75 Å². The molecule has 2 amide bonds. The van der Waals surface area contributed by atoms with Crippen LogP contribution in [0, 0.1) is 5.82 Å². The van der Waals surface area contributed by atoms with Crippen molar-refractivity contribution in [3.63, 3.8) is 0 Å². The van der Waals surface area contributed by atoms with Crippen LogP contribution in [0.3, 0.4) is 0 Å². The number of halogens is 1. The third kappa shape index (κ3) is 5.20. The van der Waals surface area contributed by atoms with E-state index in [0.717, 1.165) is 11.1 Å². The Bertz CT molecular complexity index is 896. The largest absolute Gasteiger partial charge is 0.272 e. The SMILES string of the molecule is O=C(CSC(c1ccccc1)c1ccccc1)NNC(=O)c1ccccc1F. The Kier molecular flexibility index (Phi) is 6.81. The Labute approximate surface area is 167 Å². The van der Waals surface area contributed by atoms with Gasteiger partial charge in [0.2, 0.25) is 5.91 Å². The first-order valence-corrected chi connectivity index (χ1v) is 9.75. The fourth-order valence-electron chi connectivity index (χ4n) is 2.67. The molecule has 0 aliphatic carbocycles. The van der Waals surface area contributed by atoms with Gasteiger partial charge in [0, 0.05) is 0 Å². The zero-order valence-corrected chi connectivity index (χ0v) is 15.8. The molecule has 142 valence electrons. The van der Waals surface area contributed by atoms with Gasteiger partial charge in [0.15, 0.2) is 0 Å². The Balaban J connectivity index is 1.60. The number of thioether (sulfide) groups is 1. The van der Waals surface area contributed by atoms with Crippen LogP contribution in [0.25, 0.3) is 0 Å². The van der Waals surface area contributed by atoms with Gasteiger partial charge in [0.25, 0.3) is 5.91 Å². The van der Waals surface area contributed by atoms with Crippen molar-refractivity contribution in [1.82, 2.24) is 10.9 Å². The maximum absolute atomic E-state index is 13.6. The Morgan fingerprint density at radius 3 is 1.89 bits per heavy atom. The number of carbonyl (C=O) groups is 2. The highest BCUT2D eigenvalue weighted by atomic mass is 32.2. The maximum atomic E-state index is 13.6. The number of benzene rings is 3. The van der Waals surface area contributed by atoms with Gasteiger partial charge in [0.05, 0.1) is 16.6 Å². The summed E-state index contributed by atoms with van der Waals surface area (Å²) >= 11 is 1.45. The Morgan fingerprint density at radius 1 is 0.786 bits per heavy atom. The number of hydrazine groups is 1. The van der Waals surface area contributed by atoms with Crippen molar-refractivity contribution in [2.45, 2.75) is 5.25 Å². The molecule has 0 saturated heterocycles. The lowest BCUT2D eigenvalue weighted by Crippen LogP contribution is -2.42. The molecule has 0 saturated carbocycles. The van der Waals surface area contributed by atoms with E-state index in [1.54, 1.807) is 6.07 Å². The lowest BCUT2D eigenvalue weighted by Gasteiger charge is -2.17. The fourth-order valence-corrected chi connectivity index (χ4v) is 3.76. The lowest BCUT2D eigenvalue weighted by atomic mass is 10.0. The van der Waals surface area contributed by atoms with Gasteiger partial charge >= 0.3 is 0 Å². The summed E-state index contributed by atoms with van der Waals surface area (Å²) in [5.74, 6) is -1.58. The van der Waals surface area contributed by atoms with Crippen molar-refractivity contribution < 1.29 is 14.0 Å². The number of amides is 2. The molecule has 0 aliphatic heterocycles. The summed E-state index contributed by atoms with van der Waals surface area (Å²) in [7, 11) is 0. The molecule has 3 rings (SSSR count). The van der Waals surface area contributed by atoms with Crippen molar-refractivity contribution in [3.8, 4) is 0 Å². The first-order chi connectivity index (χ1) is 13.6. The molecular formula is C22H19FN2O2S. The van der Waals surface area contributed by atoms with Crippen LogP contribution in [0.2, 0.25) is 0 Å². The minimum absolute atomic E-state index is 0.0181. The second kappa shape index (κ2) is 9.71. The summed E-state index contributed by atoms with van der Waals surface area (Å²) in [6.07, 6.45) is 0. The standard InChI is InChI=1S/C22H19FN2O2S/c23-19-14-8-7-13-18(19)22(27)25-24-20(26)15-28-21(16-9-3-1-4-10-16)17-11-5-2-6-12-17/h1-14,21H,15H2,(H,24,26)(H,25,27). The summed E-state index contributed by atoms with van der Waals surface area (Å²) in [6.45, 7) is 0. The van der Waals surface area contributed by atoms with Crippen LogP contribution in [-0.4, -0.2) is 17.6 Å². The van der Waals surface area contributed by atoms with E-state index in [-0.39, 0.29) is 22.5 Å². The van der Waals surface area contributed by atoms with Crippen molar-refractivity contribution in [2.24, 2.45) is 0 Å². The third-order valence-corrected chi connectivity index (χ3v) is 5.33. The molecule has 0 fully saturated rings.